The van der Waals surface area contributed by atoms with Crippen LogP contribution in [0.4, 0.5) is 0 Å². The van der Waals surface area contributed by atoms with Gasteiger partial charge in [0.15, 0.2) is 0 Å². The first kappa shape index (κ1) is 26.9. The quantitative estimate of drug-likeness (QED) is 0.160. The fourth-order valence-corrected chi connectivity index (χ4v) is 27.0. The van der Waals surface area contributed by atoms with Crippen molar-refractivity contribution >= 4 is 33.0 Å². The van der Waals surface area contributed by atoms with Crippen molar-refractivity contribution in [2.75, 3.05) is 0 Å². The van der Waals surface area contributed by atoms with E-state index < -0.39 is 20.0 Å². The van der Waals surface area contributed by atoms with Gasteiger partial charge in [0.05, 0.1) is 0 Å². The van der Waals surface area contributed by atoms with Crippen LogP contribution in [-0.2, 0) is 20.0 Å². The van der Waals surface area contributed by atoms with Crippen molar-refractivity contribution in [1.29, 1.82) is 0 Å². The Bertz CT molecular complexity index is 1980. The second kappa shape index (κ2) is 9.66. The summed E-state index contributed by atoms with van der Waals surface area (Å²) in [4.78, 5) is 0. The molecule has 0 radical (unpaired) electrons. The van der Waals surface area contributed by atoms with Gasteiger partial charge in [-0.2, -0.15) is 0 Å². The second-order valence-corrected chi connectivity index (χ2v) is 30.4. The van der Waals surface area contributed by atoms with Crippen molar-refractivity contribution in [3.8, 4) is 11.4 Å². The molecule has 2 aliphatic carbocycles. The fourth-order valence-electron chi connectivity index (χ4n) is 8.81. The Morgan fingerprint density at radius 3 is 1.21 bits per heavy atom. The third kappa shape index (κ3) is 3.61. The normalized spacial score (nSPS) is 18.3. The van der Waals surface area contributed by atoms with Crippen molar-refractivity contribution in [2.24, 2.45) is 0 Å². The monoisotopic (exact) mass is 726 g/mol. The van der Waals surface area contributed by atoms with Crippen LogP contribution < -0.4 is 0 Å². The summed E-state index contributed by atoms with van der Waals surface area (Å²) < 4.78 is 11.6. The van der Waals surface area contributed by atoms with Crippen molar-refractivity contribution in [3.05, 3.63) is 143 Å². The zero-order valence-electron chi connectivity index (χ0n) is 25.9. The molecule has 2 unspecified atom stereocenters. The predicted molar refractivity (Wildman–Crippen MR) is 180 cm³/mol. The number of aromatic nitrogens is 2. The SMILES string of the molecule is CC1=C(C)[CH]([Hf]([CH3])([CH3])[CH]2C(C)=C(C)c3c2c2ccccc2n3-c2ccccc2)c2c1n(-c1ccccc1)c1ccccc21. The molecule has 0 bridgehead atoms. The van der Waals surface area contributed by atoms with Crippen LogP contribution in [0, 0.1) is 0 Å². The Hall–Kier alpha value is -3.69. The van der Waals surface area contributed by atoms with Crippen molar-refractivity contribution < 1.29 is 20.0 Å². The Morgan fingerprint density at radius 2 is 0.814 bits per heavy atom. The van der Waals surface area contributed by atoms with Gasteiger partial charge in [-0.1, -0.05) is 0 Å². The zero-order valence-corrected chi connectivity index (χ0v) is 29.5. The molecule has 0 amide bonds. The molecule has 0 aliphatic heterocycles. The van der Waals surface area contributed by atoms with Crippen molar-refractivity contribution in [1.82, 2.24) is 9.13 Å². The average Bonchev–Trinajstić information content (AvgIpc) is 3.70. The Balaban J connectivity index is 1.40. The molecule has 6 aromatic rings. The molecule has 0 saturated heterocycles. The van der Waals surface area contributed by atoms with Crippen LogP contribution in [0.1, 0.15) is 57.6 Å². The van der Waals surface area contributed by atoms with Gasteiger partial charge >= 0.3 is 261 Å². The van der Waals surface area contributed by atoms with E-state index >= 15 is 0 Å². The maximum atomic E-state index is 2.75. The summed E-state index contributed by atoms with van der Waals surface area (Å²) in [6.07, 6.45) is 0. The van der Waals surface area contributed by atoms with E-state index in [1.54, 1.807) is 22.3 Å². The van der Waals surface area contributed by atoms with E-state index in [1.807, 2.05) is 0 Å². The van der Waals surface area contributed by atoms with Crippen molar-refractivity contribution in [3.63, 3.8) is 0 Å². The summed E-state index contributed by atoms with van der Waals surface area (Å²) in [6, 6.07) is 40.2. The molecule has 8 rings (SSSR count). The second-order valence-electron chi connectivity index (χ2n) is 13.2. The van der Waals surface area contributed by atoms with Gasteiger partial charge in [-0.3, -0.25) is 0 Å². The molecule has 2 atom stereocenters. The number of hydrogen-bond acceptors (Lipinski definition) is 0. The number of para-hydroxylation sites is 4. The van der Waals surface area contributed by atoms with E-state index in [0.717, 1.165) is 0 Å². The van der Waals surface area contributed by atoms with E-state index in [4.69, 9.17) is 0 Å². The fraction of sp³-hybridized carbons (Fsp3) is 0.200. The van der Waals surface area contributed by atoms with Gasteiger partial charge in [-0.25, -0.2) is 0 Å². The molecule has 3 heteroatoms. The molecular weight excluding hydrogens is 687 g/mol. The minimum atomic E-state index is -3.32. The Labute approximate surface area is 259 Å². The molecule has 4 aromatic carbocycles. The van der Waals surface area contributed by atoms with Gasteiger partial charge in [0.1, 0.15) is 0 Å². The number of hydrogen-bond donors (Lipinski definition) is 0. The third-order valence-corrected chi connectivity index (χ3v) is 26.6. The molecule has 2 aromatic heterocycles. The van der Waals surface area contributed by atoms with E-state index in [-0.39, 0.29) is 0 Å². The average molecular weight is 725 g/mol. The molecule has 2 heterocycles. The first-order valence-electron chi connectivity index (χ1n) is 15.5. The first-order valence-corrected chi connectivity index (χ1v) is 26.9. The summed E-state index contributed by atoms with van der Waals surface area (Å²) >= 11 is -3.32. The van der Waals surface area contributed by atoms with Crippen LogP contribution in [0.3, 0.4) is 0 Å². The summed E-state index contributed by atoms with van der Waals surface area (Å²) in [7, 11) is 0. The van der Waals surface area contributed by atoms with Gasteiger partial charge < -0.3 is 0 Å². The topological polar surface area (TPSA) is 9.86 Å². The standard InChI is InChI=1S/2C19H16N.2CH3.Hf/c2*1-13-12-17-16-10-6-7-11-18(16)20(19(17)14(13)2)15-8-4-3-5-9-15;;;/h2*3-12H,1-2H3;2*1H3;. The number of allylic oxidation sites excluding steroid dienone is 4. The zero-order chi connectivity index (χ0) is 29.6. The minimum absolute atomic E-state index is 0.509. The van der Waals surface area contributed by atoms with Crippen LogP contribution >= 0.6 is 0 Å². The molecule has 2 aliphatic rings. The summed E-state index contributed by atoms with van der Waals surface area (Å²) in [5, 5.41) is 2.86. The summed E-state index contributed by atoms with van der Waals surface area (Å²) in [6.45, 7) is 9.65. The molecule has 212 valence electrons. The van der Waals surface area contributed by atoms with Gasteiger partial charge in [0, 0.05) is 0 Å². The van der Waals surface area contributed by atoms with Gasteiger partial charge in [-0.15, -0.1) is 0 Å². The number of rotatable bonds is 4. The Morgan fingerprint density at radius 1 is 0.465 bits per heavy atom. The van der Waals surface area contributed by atoms with Crippen molar-refractivity contribution in [2.45, 2.75) is 44.4 Å². The summed E-state index contributed by atoms with van der Waals surface area (Å²) in [5.41, 5.74) is 17.3. The first-order chi connectivity index (χ1) is 20.8. The van der Waals surface area contributed by atoms with Gasteiger partial charge in [-0.05, 0) is 0 Å². The van der Waals surface area contributed by atoms with E-state index in [9.17, 15) is 0 Å². The number of benzene rings is 4. The molecule has 43 heavy (non-hydrogen) atoms. The van der Waals surface area contributed by atoms with Crippen LogP contribution in [0.2, 0.25) is 9.36 Å². The van der Waals surface area contributed by atoms with Crippen LogP contribution in [0.15, 0.2) is 120 Å². The molecule has 0 fully saturated rings. The van der Waals surface area contributed by atoms with Crippen LogP contribution in [-0.4, -0.2) is 9.13 Å². The van der Waals surface area contributed by atoms with E-state index in [0.29, 0.717) is 7.35 Å². The third-order valence-electron chi connectivity index (χ3n) is 10.7. The van der Waals surface area contributed by atoms with Crippen LogP contribution in [0.25, 0.3) is 44.3 Å². The Kier molecular flexibility index (Phi) is 6.04. The number of fused-ring (bicyclic) bond motifs is 6. The molecule has 0 spiro atoms. The molecular formula is C40H38HfN2. The molecule has 0 saturated carbocycles. The predicted octanol–water partition coefficient (Wildman–Crippen LogP) is 11.2. The number of nitrogens with zero attached hydrogens (tertiary/aromatic N) is 2. The molecule has 2 nitrogen and oxygen atoms in total. The maximum absolute atomic E-state index is 3.32. The molecule has 0 N–H and O–H groups in total. The van der Waals surface area contributed by atoms with Crippen LogP contribution in [0.5, 0.6) is 0 Å². The van der Waals surface area contributed by atoms with Gasteiger partial charge in [0.25, 0.3) is 0 Å². The van der Waals surface area contributed by atoms with Gasteiger partial charge in [0.2, 0.25) is 0 Å². The van der Waals surface area contributed by atoms with E-state index in [1.165, 1.54) is 55.7 Å². The van der Waals surface area contributed by atoms with E-state index in [2.05, 4.69) is 155 Å². The summed E-state index contributed by atoms with van der Waals surface area (Å²) in [5.74, 6) is 0.